The number of ether oxygens (including phenoxy) is 3. The number of carbonyl (C=O) groups excluding carboxylic acids is 3. The molecule has 0 saturated carbocycles. The van der Waals surface area contributed by atoms with Gasteiger partial charge in [0.2, 0.25) is 5.91 Å². The van der Waals surface area contributed by atoms with E-state index in [1.54, 1.807) is 34.9 Å². The Hall–Kier alpha value is -5.00. The number of hydrogen-bond donors (Lipinski definition) is 1. The number of nitrogens with one attached hydrogen (secondary N) is 1. The summed E-state index contributed by atoms with van der Waals surface area (Å²) in [6.07, 6.45) is 7.71. The lowest BCUT2D eigenvalue weighted by Crippen LogP contribution is -2.34. The Morgan fingerprint density at radius 1 is 0.978 bits per heavy atom. The molecule has 0 atom stereocenters. The first kappa shape index (κ1) is 31.0. The Balaban J connectivity index is 1.34. The molecule has 242 valence electrons. The second-order valence-corrected chi connectivity index (χ2v) is 11.6. The predicted octanol–water partition coefficient (Wildman–Crippen LogP) is 3.91. The molecule has 6 rings (SSSR count). The molecule has 46 heavy (non-hydrogen) atoms. The molecule has 4 bridgehead atoms. The van der Waals surface area contributed by atoms with Gasteiger partial charge in [-0.25, -0.2) is 4.52 Å². The average molecular weight is 629 g/mol. The van der Waals surface area contributed by atoms with Crippen molar-refractivity contribution in [1.29, 1.82) is 0 Å². The van der Waals surface area contributed by atoms with E-state index in [9.17, 15) is 14.4 Å². The molecule has 12 heteroatoms. The first-order valence-electron chi connectivity index (χ1n) is 15.8. The third-order valence-corrected chi connectivity index (χ3v) is 8.55. The van der Waals surface area contributed by atoms with Gasteiger partial charge in [0.15, 0.2) is 11.5 Å². The summed E-state index contributed by atoms with van der Waals surface area (Å²) in [5.74, 6) is 1.50. The summed E-state index contributed by atoms with van der Waals surface area (Å²) in [7, 11) is 3.49. The van der Waals surface area contributed by atoms with Crippen LogP contribution in [0.1, 0.15) is 58.9 Å². The number of aromatic nitrogens is 3. The van der Waals surface area contributed by atoms with E-state index in [1.165, 1.54) is 0 Å². The van der Waals surface area contributed by atoms with Crippen molar-refractivity contribution in [3.63, 3.8) is 0 Å². The number of methoxy groups -OCH3 is 1. The minimum absolute atomic E-state index is 0.0434. The van der Waals surface area contributed by atoms with Crippen molar-refractivity contribution in [3.8, 4) is 28.4 Å². The van der Waals surface area contributed by atoms with Crippen molar-refractivity contribution in [2.45, 2.75) is 39.2 Å². The van der Waals surface area contributed by atoms with E-state index < -0.39 is 0 Å². The van der Waals surface area contributed by atoms with Gasteiger partial charge < -0.3 is 33.9 Å². The van der Waals surface area contributed by atoms with Crippen molar-refractivity contribution in [3.05, 3.63) is 65.6 Å². The maximum atomic E-state index is 13.8. The van der Waals surface area contributed by atoms with Crippen LogP contribution in [0, 0.1) is 0 Å². The summed E-state index contributed by atoms with van der Waals surface area (Å²) in [5.41, 5.74) is 4.10. The smallest absolute Gasteiger partial charge is 0.259 e. The molecular weight excluding hydrogens is 588 g/mol. The molecule has 12 nitrogen and oxygen atoms in total. The average Bonchev–Trinajstić information content (AvgIpc) is 3.59. The molecule has 2 aliphatic heterocycles. The van der Waals surface area contributed by atoms with Crippen molar-refractivity contribution in [1.82, 2.24) is 29.3 Å². The molecular formula is C34H40N6O6. The van der Waals surface area contributed by atoms with E-state index in [-0.39, 0.29) is 17.7 Å². The van der Waals surface area contributed by atoms with Gasteiger partial charge in [-0.05, 0) is 55.2 Å². The number of nitrogens with zero attached hydrogens (tertiary/aromatic N) is 5. The SMILES string of the molecule is CCC(=O)N1CCOc2c(cc3cc2OCCCN(C(=O)c2cnn4ccn(C)c24)CCCCNC(=O)c2ccc(OC)c-3c2)C1. The largest absolute Gasteiger partial charge is 0.496 e. The van der Waals surface area contributed by atoms with Crippen LogP contribution in [-0.4, -0.2) is 88.2 Å². The van der Waals surface area contributed by atoms with Gasteiger partial charge in [-0.1, -0.05) is 6.92 Å². The highest BCUT2D eigenvalue weighted by molar-refractivity contribution is 6.00. The number of amides is 3. The van der Waals surface area contributed by atoms with Gasteiger partial charge in [-0.15, -0.1) is 0 Å². The van der Waals surface area contributed by atoms with Gasteiger partial charge in [0.1, 0.15) is 23.6 Å². The van der Waals surface area contributed by atoms with E-state index in [0.29, 0.717) is 100.0 Å². The molecule has 0 aliphatic carbocycles. The molecule has 0 unspecified atom stereocenters. The summed E-state index contributed by atoms with van der Waals surface area (Å²) in [5, 5.41) is 7.38. The molecule has 0 saturated heterocycles. The molecule has 2 aromatic heterocycles. The molecule has 1 N–H and O–H groups in total. The third kappa shape index (κ3) is 6.24. The molecule has 0 spiro atoms. The zero-order valence-corrected chi connectivity index (χ0v) is 26.6. The second-order valence-electron chi connectivity index (χ2n) is 11.6. The minimum atomic E-state index is -0.193. The molecule has 0 fully saturated rings. The van der Waals surface area contributed by atoms with E-state index in [0.717, 1.165) is 22.3 Å². The maximum absolute atomic E-state index is 13.8. The molecule has 4 aromatic rings. The molecule has 0 radical (unpaired) electrons. The fourth-order valence-electron chi connectivity index (χ4n) is 6.11. The van der Waals surface area contributed by atoms with Gasteiger partial charge >= 0.3 is 0 Å². The van der Waals surface area contributed by atoms with Gasteiger partial charge in [0.05, 0.1) is 26.5 Å². The third-order valence-electron chi connectivity index (χ3n) is 8.55. The number of aryl methyl sites for hydroxylation is 1. The first-order chi connectivity index (χ1) is 22.4. The van der Waals surface area contributed by atoms with Crippen molar-refractivity contribution >= 4 is 23.4 Å². The van der Waals surface area contributed by atoms with Crippen LogP contribution in [0.5, 0.6) is 17.2 Å². The van der Waals surface area contributed by atoms with Crippen molar-refractivity contribution in [2.75, 3.05) is 46.5 Å². The van der Waals surface area contributed by atoms with Crippen LogP contribution in [-0.2, 0) is 18.4 Å². The minimum Gasteiger partial charge on any atom is -0.496 e. The van der Waals surface area contributed by atoms with Gasteiger partial charge in [0.25, 0.3) is 11.8 Å². The quantitative estimate of drug-likeness (QED) is 0.365. The Labute approximate surface area is 267 Å². The highest BCUT2D eigenvalue weighted by Crippen LogP contribution is 2.41. The van der Waals surface area contributed by atoms with Crippen molar-refractivity contribution < 1.29 is 28.6 Å². The number of imidazole rings is 1. The first-order valence-corrected chi connectivity index (χ1v) is 15.8. The van der Waals surface area contributed by atoms with E-state index in [1.807, 2.05) is 54.0 Å². The van der Waals surface area contributed by atoms with E-state index in [2.05, 4.69) is 10.4 Å². The molecule has 4 heterocycles. The number of hydrogen-bond acceptors (Lipinski definition) is 7. The van der Waals surface area contributed by atoms with E-state index in [4.69, 9.17) is 14.2 Å². The monoisotopic (exact) mass is 628 g/mol. The summed E-state index contributed by atoms with van der Waals surface area (Å²) in [6, 6.07) is 9.23. The Morgan fingerprint density at radius 3 is 2.65 bits per heavy atom. The normalized spacial score (nSPS) is 16.0. The van der Waals surface area contributed by atoms with E-state index >= 15 is 0 Å². The Morgan fingerprint density at radius 2 is 1.83 bits per heavy atom. The predicted molar refractivity (Wildman–Crippen MR) is 171 cm³/mol. The van der Waals surface area contributed by atoms with Crippen LogP contribution in [0.3, 0.4) is 0 Å². The molecule has 3 amide bonds. The fourth-order valence-corrected chi connectivity index (χ4v) is 6.11. The lowest BCUT2D eigenvalue weighted by molar-refractivity contribution is -0.131. The summed E-state index contributed by atoms with van der Waals surface area (Å²) in [4.78, 5) is 43.4. The number of carbonyl (C=O) groups is 3. The molecule has 2 aliphatic rings. The van der Waals surface area contributed by atoms with Crippen LogP contribution in [0.4, 0.5) is 0 Å². The number of rotatable bonds is 3. The van der Waals surface area contributed by atoms with Gasteiger partial charge in [-0.3, -0.25) is 14.4 Å². The Kier molecular flexibility index (Phi) is 9.13. The summed E-state index contributed by atoms with van der Waals surface area (Å²) < 4.78 is 21.9. The van der Waals surface area contributed by atoms with Crippen LogP contribution >= 0.6 is 0 Å². The lowest BCUT2D eigenvalue weighted by atomic mass is 9.98. The van der Waals surface area contributed by atoms with Crippen LogP contribution in [0.2, 0.25) is 0 Å². The standard InChI is InChI=1S/C34H40N6O6/c1-4-30(41)39-15-17-46-31-25(22-39)18-24-20-29(31)45-16-7-12-38(34(43)27-21-36-40-14-13-37(2)33(27)40)11-6-5-10-35-32(42)23-8-9-28(44-3)26(24)19-23/h8-9,13-14,18-21H,4-7,10-12,15-17,22H2,1-3H3,(H,35,42). The maximum Gasteiger partial charge on any atom is 0.259 e. The summed E-state index contributed by atoms with van der Waals surface area (Å²) in [6.45, 7) is 4.85. The zero-order chi connectivity index (χ0) is 32.2. The number of fused-ring (bicyclic) bond motifs is 8. The van der Waals surface area contributed by atoms with Crippen LogP contribution < -0.4 is 19.5 Å². The van der Waals surface area contributed by atoms with Crippen molar-refractivity contribution in [2.24, 2.45) is 7.05 Å². The number of benzene rings is 2. The van der Waals surface area contributed by atoms with Crippen LogP contribution in [0.15, 0.2) is 48.9 Å². The fraction of sp³-hybridized carbons (Fsp3) is 0.412. The van der Waals surface area contributed by atoms with Gasteiger partial charge in [-0.2, -0.15) is 5.10 Å². The highest BCUT2D eigenvalue weighted by atomic mass is 16.5. The van der Waals surface area contributed by atoms with Crippen LogP contribution in [0.25, 0.3) is 16.8 Å². The van der Waals surface area contributed by atoms with Gasteiger partial charge in [0, 0.05) is 68.7 Å². The summed E-state index contributed by atoms with van der Waals surface area (Å²) >= 11 is 0. The topological polar surface area (TPSA) is 120 Å². The second kappa shape index (κ2) is 13.6. The molecule has 2 aromatic carbocycles. The lowest BCUT2D eigenvalue weighted by Gasteiger charge is -2.23. The Bertz CT molecular complexity index is 1760. The highest BCUT2D eigenvalue weighted by Gasteiger charge is 2.25. The zero-order valence-electron chi connectivity index (χ0n) is 26.6.